The highest BCUT2D eigenvalue weighted by atomic mass is 35.5. The van der Waals surface area contributed by atoms with Crippen molar-refractivity contribution in [2.75, 3.05) is 13.6 Å². The van der Waals surface area contributed by atoms with Gasteiger partial charge in [0.2, 0.25) is 5.91 Å². The van der Waals surface area contributed by atoms with Crippen molar-refractivity contribution in [2.45, 2.75) is 6.54 Å². The van der Waals surface area contributed by atoms with E-state index in [0.29, 0.717) is 16.4 Å². The SMILES string of the molecule is CN(Cc1ccc(Cl)cc1)C(=O)CNC(=O)c1cccs1. The number of rotatable bonds is 5. The number of carbonyl (C=O) groups is 2. The summed E-state index contributed by atoms with van der Waals surface area (Å²) in [6.07, 6.45) is 0. The fourth-order valence-corrected chi connectivity index (χ4v) is 2.50. The fraction of sp³-hybridized carbons (Fsp3) is 0.200. The van der Waals surface area contributed by atoms with Gasteiger partial charge in [0.1, 0.15) is 0 Å². The summed E-state index contributed by atoms with van der Waals surface area (Å²) in [5, 5.41) is 5.11. The Balaban J connectivity index is 1.82. The highest BCUT2D eigenvalue weighted by Gasteiger charge is 2.12. The maximum atomic E-state index is 12.0. The zero-order chi connectivity index (χ0) is 15.2. The predicted octanol–water partition coefficient (Wildman–Crippen LogP) is 2.79. The molecule has 0 aliphatic rings. The number of amides is 2. The normalized spacial score (nSPS) is 10.2. The molecule has 0 unspecified atom stereocenters. The van der Waals surface area contributed by atoms with E-state index in [-0.39, 0.29) is 18.4 Å². The van der Waals surface area contributed by atoms with Crippen molar-refractivity contribution in [3.8, 4) is 0 Å². The highest BCUT2D eigenvalue weighted by Crippen LogP contribution is 2.11. The molecule has 0 aliphatic heterocycles. The van der Waals surface area contributed by atoms with Crippen molar-refractivity contribution in [1.82, 2.24) is 10.2 Å². The van der Waals surface area contributed by atoms with E-state index in [2.05, 4.69) is 5.32 Å². The van der Waals surface area contributed by atoms with Crippen LogP contribution in [-0.4, -0.2) is 30.3 Å². The van der Waals surface area contributed by atoms with Gasteiger partial charge in [-0.1, -0.05) is 29.8 Å². The van der Waals surface area contributed by atoms with Crippen LogP contribution in [0.3, 0.4) is 0 Å². The molecule has 2 aromatic rings. The summed E-state index contributed by atoms with van der Waals surface area (Å²) in [4.78, 5) is 25.9. The second-order valence-corrected chi connectivity index (χ2v) is 5.92. The van der Waals surface area contributed by atoms with Gasteiger partial charge in [0, 0.05) is 18.6 Å². The molecule has 1 aromatic carbocycles. The molecule has 0 fully saturated rings. The standard InChI is InChI=1S/C15H15ClN2O2S/c1-18(10-11-4-6-12(16)7-5-11)14(19)9-17-15(20)13-3-2-8-21-13/h2-8H,9-10H2,1H3,(H,17,20). The zero-order valence-corrected chi connectivity index (χ0v) is 13.1. The molecule has 110 valence electrons. The minimum absolute atomic E-state index is 0.0131. The van der Waals surface area contributed by atoms with Crippen LogP contribution in [0, 0.1) is 0 Å². The molecule has 0 radical (unpaired) electrons. The van der Waals surface area contributed by atoms with Crippen molar-refractivity contribution in [3.63, 3.8) is 0 Å². The molecule has 2 amide bonds. The molecular weight excluding hydrogens is 308 g/mol. The fourth-order valence-electron chi connectivity index (χ4n) is 1.74. The van der Waals surface area contributed by atoms with Crippen LogP contribution in [0.15, 0.2) is 41.8 Å². The molecule has 0 aliphatic carbocycles. The van der Waals surface area contributed by atoms with Gasteiger partial charge in [-0.2, -0.15) is 0 Å². The van der Waals surface area contributed by atoms with E-state index in [9.17, 15) is 9.59 Å². The Labute approximate surface area is 132 Å². The minimum atomic E-state index is -0.224. The third-order valence-corrected chi connectivity index (χ3v) is 4.02. The topological polar surface area (TPSA) is 49.4 Å². The number of nitrogens with one attached hydrogen (secondary N) is 1. The van der Waals surface area contributed by atoms with Crippen LogP contribution in [0.2, 0.25) is 5.02 Å². The molecule has 0 atom stereocenters. The molecule has 6 heteroatoms. The van der Waals surface area contributed by atoms with E-state index in [1.165, 1.54) is 11.3 Å². The predicted molar refractivity (Wildman–Crippen MR) is 84.6 cm³/mol. The Morgan fingerprint density at radius 3 is 2.57 bits per heavy atom. The van der Waals surface area contributed by atoms with E-state index in [1.807, 2.05) is 17.5 Å². The molecule has 1 heterocycles. The largest absolute Gasteiger partial charge is 0.342 e. The zero-order valence-electron chi connectivity index (χ0n) is 11.5. The summed E-state index contributed by atoms with van der Waals surface area (Å²) in [5.74, 6) is -0.368. The average Bonchev–Trinajstić information content (AvgIpc) is 3.01. The lowest BCUT2D eigenvalue weighted by atomic mass is 10.2. The molecular formula is C15H15ClN2O2S. The number of halogens is 1. The van der Waals surface area contributed by atoms with Gasteiger partial charge in [-0.25, -0.2) is 0 Å². The smallest absolute Gasteiger partial charge is 0.261 e. The van der Waals surface area contributed by atoms with Crippen LogP contribution in [0.1, 0.15) is 15.2 Å². The number of nitrogens with zero attached hydrogens (tertiary/aromatic N) is 1. The van der Waals surface area contributed by atoms with Gasteiger partial charge in [-0.05, 0) is 29.1 Å². The first kappa shape index (κ1) is 15.5. The van der Waals surface area contributed by atoms with Gasteiger partial charge >= 0.3 is 0 Å². The van der Waals surface area contributed by atoms with Crippen LogP contribution in [0.5, 0.6) is 0 Å². The number of hydrogen-bond donors (Lipinski definition) is 1. The Morgan fingerprint density at radius 1 is 1.24 bits per heavy atom. The summed E-state index contributed by atoms with van der Waals surface area (Å²) >= 11 is 7.16. The summed E-state index contributed by atoms with van der Waals surface area (Å²) in [6.45, 7) is 0.464. The van der Waals surface area contributed by atoms with Gasteiger partial charge in [-0.15, -0.1) is 11.3 Å². The number of benzene rings is 1. The molecule has 0 bridgehead atoms. The lowest BCUT2D eigenvalue weighted by molar-refractivity contribution is -0.129. The molecule has 1 aromatic heterocycles. The number of likely N-dealkylation sites (N-methyl/N-ethyl adjacent to an activating group) is 1. The summed E-state index contributed by atoms with van der Waals surface area (Å²) in [6, 6.07) is 10.8. The summed E-state index contributed by atoms with van der Waals surface area (Å²) in [5.41, 5.74) is 0.986. The summed E-state index contributed by atoms with van der Waals surface area (Å²) in [7, 11) is 1.70. The van der Waals surface area contributed by atoms with Crippen LogP contribution in [0.25, 0.3) is 0 Å². The van der Waals surface area contributed by atoms with Gasteiger partial charge in [0.15, 0.2) is 0 Å². The molecule has 0 saturated carbocycles. The Kier molecular flexibility index (Phi) is 5.36. The average molecular weight is 323 g/mol. The monoisotopic (exact) mass is 322 g/mol. The number of carbonyl (C=O) groups excluding carboxylic acids is 2. The lowest BCUT2D eigenvalue weighted by Crippen LogP contribution is -2.37. The third-order valence-electron chi connectivity index (χ3n) is 2.90. The highest BCUT2D eigenvalue weighted by molar-refractivity contribution is 7.12. The minimum Gasteiger partial charge on any atom is -0.342 e. The Bertz CT molecular complexity index is 611. The Morgan fingerprint density at radius 2 is 1.95 bits per heavy atom. The molecule has 21 heavy (non-hydrogen) atoms. The molecule has 2 rings (SSSR count). The van der Waals surface area contributed by atoms with Crippen molar-refractivity contribution in [2.24, 2.45) is 0 Å². The third kappa shape index (κ3) is 4.58. The maximum absolute atomic E-state index is 12.0. The molecule has 0 saturated heterocycles. The first-order valence-corrected chi connectivity index (χ1v) is 7.62. The van der Waals surface area contributed by atoms with Gasteiger partial charge in [0.25, 0.3) is 5.91 Å². The van der Waals surface area contributed by atoms with Crippen molar-refractivity contribution >= 4 is 34.8 Å². The first-order chi connectivity index (χ1) is 10.1. The number of thiophene rings is 1. The number of hydrogen-bond acceptors (Lipinski definition) is 3. The van der Waals surface area contributed by atoms with Crippen LogP contribution in [-0.2, 0) is 11.3 Å². The van der Waals surface area contributed by atoms with Crippen molar-refractivity contribution in [1.29, 1.82) is 0 Å². The van der Waals surface area contributed by atoms with E-state index in [1.54, 1.807) is 36.2 Å². The van der Waals surface area contributed by atoms with Crippen molar-refractivity contribution < 1.29 is 9.59 Å². The van der Waals surface area contributed by atoms with Crippen LogP contribution in [0.4, 0.5) is 0 Å². The lowest BCUT2D eigenvalue weighted by Gasteiger charge is -2.17. The van der Waals surface area contributed by atoms with Gasteiger partial charge < -0.3 is 10.2 Å². The van der Waals surface area contributed by atoms with Gasteiger partial charge in [0.05, 0.1) is 11.4 Å². The van der Waals surface area contributed by atoms with Crippen LogP contribution >= 0.6 is 22.9 Å². The molecule has 1 N–H and O–H groups in total. The summed E-state index contributed by atoms with van der Waals surface area (Å²) < 4.78 is 0. The van der Waals surface area contributed by atoms with E-state index in [0.717, 1.165) is 5.56 Å². The maximum Gasteiger partial charge on any atom is 0.261 e. The van der Waals surface area contributed by atoms with E-state index >= 15 is 0 Å². The molecule has 4 nitrogen and oxygen atoms in total. The second-order valence-electron chi connectivity index (χ2n) is 4.54. The van der Waals surface area contributed by atoms with Gasteiger partial charge in [-0.3, -0.25) is 9.59 Å². The van der Waals surface area contributed by atoms with E-state index in [4.69, 9.17) is 11.6 Å². The second kappa shape index (κ2) is 7.24. The Hall–Kier alpha value is -1.85. The first-order valence-electron chi connectivity index (χ1n) is 6.36. The van der Waals surface area contributed by atoms with E-state index < -0.39 is 0 Å². The van der Waals surface area contributed by atoms with Crippen LogP contribution < -0.4 is 5.32 Å². The van der Waals surface area contributed by atoms with Crippen molar-refractivity contribution in [3.05, 3.63) is 57.2 Å². The quantitative estimate of drug-likeness (QED) is 0.920. The molecule has 0 spiro atoms.